The van der Waals surface area contributed by atoms with Crippen LogP contribution in [-0.2, 0) is 23.9 Å². The van der Waals surface area contributed by atoms with Gasteiger partial charge in [-0.2, -0.15) is 0 Å². The molecule has 1 rings (SSSR count). The monoisotopic (exact) mass is 521 g/mol. The molecule has 3 atom stereocenters. The smallest absolute Gasteiger partial charge is 0.408 e. The summed E-state index contributed by atoms with van der Waals surface area (Å²) >= 11 is 0. The van der Waals surface area contributed by atoms with E-state index in [2.05, 4.69) is 10.6 Å². The molecule has 10 nitrogen and oxygen atoms in total. The Morgan fingerprint density at radius 1 is 1.08 bits per heavy atom. The Morgan fingerprint density at radius 2 is 1.70 bits per heavy atom. The number of aliphatic hydroxyl groups excluding tert-OH is 1. The van der Waals surface area contributed by atoms with Gasteiger partial charge in [-0.05, 0) is 46.1 Å². The van der Waals surface area contributed by atoms with Crippen LogP contribution in [-0.4, -0.2) is 71.8 Å². The van der Waals surface area contributed by atoms with Gasteiger partial charge in [0.05, 0.1) is 19.6 Å². The van der Waals surface area contributed by atoms with Crippen molar-refractivity contribution in [3.05, 3.63) is 35.4 Å². The van der Waals surface area contributed by atoms with Crippen LogP contribution >= 0.6 is 0 Å². The van der Waals surface area contributed by atoms with E-state index in [1.54, 1.807) is 39.8 Å². The number of amides is 3. The van der Waals surface area contributed by atoms with E-state index >= 15 is 0 Å². The van der Waals surface area contributed by atoms with E-state index in [4.69, 9.17) is 9.47 Å². The van der Waals surface area contributed by atoms with Gasteiger partial charge in [-0.3, -0.25) is 14.4 Å². The Bertz CT molecular complexity index is 896. The van der Waals surface area contributed by atoms with Crippen molar-refractivity contribution in [1.29, 1.82) is 0 Å². The first-order valence-corrected chi connectivity index (χ1v) is 12.7. The lowest BCUT2D eigenvalue weighted by Gasteiger charge is -2.35. The second kappa shape index (κ2) is 15.2. The molecule has 0 aliphatic heterocycles. The zero-order valence-electron chi connectivity index (χ0n) is 23.1. The van der Waals surface area contributed by atoms with Crippen molar-refractivity contribution in [2.75, 3.05) is 26.3 Å². The first-order chi connectivity index (χ1) is 17.3. The summed E-state index contributed by atoms with van der Waals surface area (Å²) in [6.07, 6.45) is -0.204. The fourth-order valence-electron chi connectivity index (χ4n) is 3.61. The van der Waals surface area contributed by atoms with Crippen molar-refractivity contribution in [3.63, 3.8) is 0 Å². The highest BCUT2D eigenvalue weighted by atomic mass is 16.6. The van der Waals surface area contributed by atoms with E-state index < -0.39 is 48.2 Å². The van der Waals surface area contributed by atoms with Gasteiger partial charge in [-0.15, -0.1) is 0 Å². The van der Waals surface area contributed by atoms with Crippen LogP contribution < -0.4 is 10.6 Å². The van der Waals surface area contributed by atoms with E-state index in [1.165, 1.54) is 4.90 Å². The van der Waals surface area contributed by atoms with Crippen molar-refractivity contribution >= 4 is 23.9 Å². The van der Waals surface area contributed by atoms with Crippen molar-refractivity contribution < 1.29 is 33.8 Å². The summed E-state index contributed by atoms with van der Waals surface area (Å²) in [6.45, 7) is 12.2. The maximum absolute atomic E-state index is 13.9. The van der Waals surface area contributed by atoms with Crippen LogP contribution in [0.15, 0.2) is 24.3 Å². The third-order valence-corrected chi connectivity index (χ3v) is 5.66. The average Bonchev–Trinajstić information content (AvgIpc) is 2.81. The Morgan fingerprint density at radius 3 is 2.22 bits per heavy atom. The number of aryl methyl sites for hydroxylation is 1. The lowest BCUT2D eigenvalue weighted by Crippen LogP contribution is -2.55. The van der Waals surface area contributed by atoms with Crippen LogP contribution in [0.3, 0.4) is 0 Å². The van der Waals surface area contributed by atoms with Gasteiger partial charge in [-0.1, -0.05) is 50.1 Å². The number of hydrogen-bond donors (Lipinski definition) is 3. The molecule has 1 aromatic carbocycles. The number of benzene rings is 1. The SMILES string of the molecule is CCOC(=O)CCNC(=O)C(c1ccc(C)cc1)N(CCO)C(=O)C(NC(=O)OC(C)(C)C)C(C)CC. The third-order valence-electron chi connectivity index (χ3n) is 5.66. The summed E-state index contributed by atoms with van der Waals surface area (Å²) in [6, 6.07) is 5.02. The Kier molecular flexibility index (Phi) is 13.1. The zero-order chi connectivity index (χ0) is 28.2. The summed E-state index contributed by atoms with van der Waals surface area (Å²) in [4.78, 5) is 52.8. The minimum absolute atomic E-state index is 0.0200. The predicted octanol–water partition coefficient (Wildman–Crippen LogP) is 2.87. The normalized spacial score (nSPS) is 13.6. The van der Waals surface area contributed by atoms with Crippen molar-refractivity contribution in [2.45, 2.75) is 79.0 Å². The minimum atomic E-state index is -1.10. The largest absolute Gasteiger partial charge is 0.466 e. The number of esters is 1. The average molecular weight is 522 g/mol. The molecule has 0 bridgehead atoms. The Balaban J connectivity index is 3.35. The number of hydrogen-bond acceptors (Lipinski definition) is 7. The van der Waals surface area contributed by atoms with Crippen LogP contribution in [0.5, 0.6) is 0 Å². The number of carbonyl (C=O) groups is 4. The van der Waals surface area contributed by atoms with Crippen LogP contribution in [0.4, 0.5) is 4.79 Å². The molecule has 3 N–H and O–H groups in total. The van der Waals surface area contributed by atoms with Crippen molar-refractivity contribution in [1.82, 2.24) is 15.5 Å². The molecule has 0 heterocycles. The van der Waals surface area contributed by atoms with Crippen LogP contribution in [0.1, 0.15) is 71.6 Å². The molecule has 0 aromatic heterocycles. The van der Waals surface area contributed by atoms with E-state index in [0.717, 1.165) is 5.56 Å². The molecule has 3 amide bonds. The number of rotatable bonds is 13. The van der Waals surface area contributed by atoms with E-state index in [1.807, 2.05) is 32.9 Å². The number of ether oxygens (including phenoxy) is 2. The molecule has 37 heavy (non-hydrogen) atoms. The highest BCUT2D eigenvalue weighted by Gasteiger charge is 2.37. The third kappa shape index (κ3) is 10.8. The molecule has 0 aliphatic rings. The molecular weight excluding hydrogens is 478 g/mol. The number of nitrogens with zero attached hydrogens (tertiary/aromatic N) is 1. The molecule has 0 fully saturated rings. The highest BCUT2D eigenvalue weighted by molar-refractivity contribution is 5.92. The first-order valence-electron chi connectivity index (χ1n) is 12.7. The van der Waals surface area contributed by atoms with Gasteiger partial charge in [0.25, 0.3) is 0 Å². The Hall–Kier alpha value is -3.14. The van der Waals surface area contributed by atoms with E-state index in [-0.39, 0.29) is 32.0 Å². The molecule has 0 aliphatic carbocycles. The summed E-state index contributed by atoms with van der Waals surface area (Å²) in [5.74, 6) is -1.78. The van der Waals surface area contributed by atoms with Gasteiger partial charge < -0.3 is 30.1 Å². The Labute approximate surface area is 220 Å². The molecule has 10 heteroatoms. The van der Waals surface area contributed by atoms with Gasteiger partial charge in [0.2, 0.25) is 11.8 Å². The number of nitrogens with one attached hydrogen (secondary N) is 2. The predicted molar refractivity (Wildman–Crippen MR) is 140 cm³/mol. The number of alkyl carbamates (subject to hydrolysis) is 1. The summed E-state index contributed by atoms with van der Waals surface area (Å²) in [7, 11) is 0. The molecule has 208 valence electrons. The molecule has 3 unspecified atom stereocenters. The van der Waals surface area contributed by atoms with Crippen LogP contribution in [0.2, 0.25) is 0 Å². The topological polar surface area (TPSA) is 134 Å². The fourth-order valence-corrected chi connectivity index (χ4v) is 3.61. The fraction of sp³-hybridized carbons (Fsp3) is 0.630. The quantitative estimate of drug-likeness (QED) is 0.340. The van der Waals surface area contributed by atoms with Crippen LogP contribution in [0, 0.1) is 12.8 Å². The van der Waals surface area contributed by atoms with E-state index in [9.17, 15) is 24.3 Å². The summed E-state index contributed by atoms with van der Waals surface area (Å²) < 4.78 is 10.3. The van der Waals surface area contributed by atoms with E-state index in [0.29, 0.717) is 12.0 Å². The van der Waals surface area contributed by atoms with Crippen LogP contribution in [0.25, 0.3) is 0 Å². The first kappa shape index (κ1) is 31.9. The molecule has 0 spiro atoms. The molecular formula is C27H43N3O7. The second-order valence-electron chi connectivity index (χ2n) is 9.92. The second-order valence-corrected chi connectivity index (χ2v) is 9.92. The maximum Gasteiger partial charge on any atom is 0.408 e. The number of carbonyl (C=O) groups excluding carboxylic acids is 4. The summed E-state index contributed by atoms with van der Waals surface area (Å²) in [5.41, 5.74) is 0.733. The maximum atomic E-state index is 13.9. The number of aliphatic hydroxyl groups is 1. The van der Waals surface area contributed by atoms with Crippen molar-refractivity contribution in [3.8, 4) is 0 Å². The molecule has 0 saturated carbocycles. The lowest BCUT2D eigenvalue weighted by atomic mass is 9.95. The highest BCUT2D eigenvalue weighted by Crippen LogP contribution is 2.25. The molecule has 0 saturated heterocycles. The minimum Gasteiger partial charge on any atom is -0.466 e. The van der Waals surface area contributed by atoms with Gasteiger partial charge in [-0.25, -0.2) is 4.79 Å². The lowest BCUT2D eigenvalue weighted by molar-refractivity contribution is -0.145. The van der Waals surface area contributed by atoms with Gasteiger partial charge >= 0.3 is 12.1 Å². The standard InChI is InChI=1S/C27H43N3O7/c1-8-19(4)22(29-26(35)37-27(5,6)7)25(34)30(16-17-31)23(20-12-10-18(3)11-13-20)24(33)28-15-14-21(32)36-9-2/h10-13,19,22-23,31H,8-9,14-17H2,1-7H3,(H,28,33)(H,29,35). The van der Waals surface area contributed by atoms with Gasteiger partial charge in [0, 0.05) is 13.1 Å². The molecule has 0 radical (unpaired) electrons. The van der Waals surface area contributed by atoms with Gasteiger partial charge in [0.1, 0.15) is 17.7 Å². The van der Waals surface area contributed by atoms with Gasteiger partial charge in [0.15, 0.2) is 0 Å². The van der Waals surface area contributed by atoms with Crippen molar-refractivity contribution in [2.24, 2.45) is 5.92 Å². The summed E-state index contributed by atoms with van der Waals surface area (Å²) in [5, 5.41) is 15.2. The zero-order valence-corrected chi connectivity index (χ0v) is 23.1. The molecule has 1 aromatic rings.